The van der Waals surface area contributed by atoms with Gasteiger partial charge in [0.05, 0.1) is 5.75 Å². The summed E-state index contributed by atoms with van der Waals surface area (Å²) in [4.78, 5) is 48.2. The molecule has 190 valence electrons. The summed E-state index contributed by atoms with van der Waals surface area (Å²) in [5, 5.41) is 17.1. The third-order valence-electron chi connectivity index (χ3n) is 5.67. The first kappa shape index (κ1) is 25.4. The molecule has 0 aromatic carbocycles. The van der Waals surface area contributed by atoms with Gasteiger partial charge in [-0.15, -0.1) is 23.1 Å². The molecule has 35 heavy (non-hydrogen) atoms. The van der Waals surface area contributed by atoms with Crippen LogP contribution in [-0.2, 0) is 29.1 Å². The molecule has 1 aliphatic carbocycles. The van der Waals surface area contributed by atoms with Crippen molar-refractivity contribution >= 4 is 61.6 Å². The number of rotatable bonds is 9. The summed E-state index contributed by atoms with van der Waals surface area (Å²) in [6, 6.07) is -2.73. The topological polar surface area (TPSA) is 181 Å². The van der Waals surface area contributed by atoms with Crippen molar-refractivity contribution in [2.75, 3.05) is 23.2 Å². The molecule has 2 atom stereocenters. The standard InChI is InChI=1S/C19H22FN5O7S3/c20-8-35(30,31)7-9-5-33-17-13(16(27)25(17)14(9)18(28)29)23-15(26)12(11-6-34-19(21)22-11)24-32-10-3-1-2-4-10/h6,10,13,17H,1-5,7-8H2,(H2,21,22)(H,23,26)(H,28,29)/b24-12-/t13?,17-/m1/s1. The molecule has 2 fully saturated rings. The van der Waals surface area contributed by atoms with Crippen LogP contribution in [0.2, 0.25) is 0 Å². The highest BCUT2D eigenvalue weighted by Crippen LogP contribution is 2.40. The van der Waals surface area contributed by atoms with E-state index < -0.39 is 56.5 Å². The Morgan fingerprint density at radius 2 is 2.09 bits per heavy atom. The molecular weight excluding hydrogens is 525 g/mol. The van der Waals surface area contributed by atoms with Crippen LogP contribution >= 0.6 is 23.1 Å². The predicted molar refractivity (Wildman–Crippen MR) is 126 cm³/mol. The first-order valence-corrected chi connectivity index (χ1v) is 14.3. The quantitative estimate of drug-likeness (QED) is 0.223. The number of halogens is 1. The average molecular weight is 548 g/mol. The lowest BCUT2D eigenvalue weighted by molar-refractivity contribution is -0.150. The monoisotopic (exact) mass is 547 g/mol. The normalized spacial score (nSPS) is 23.2. The van der Waals surface area contributed by atoms with Gasteiger partial charge in [0.2, 0.25) is 0 Å². The van der Waals surface area contributed by atoms with E-state index in [0.29, 0.717) is 0 Å². The fourth-order valence-electron chi connectivity index (χ4n) is 4.03. The predicted octanol–water partition coefficient (Wildman–Crippen LogP) is 0.469. The second kappa shape index (κ2) is 10.1. The second-order valence-corrected chi connectivity index (χ2v) is 12.1. The molecule has 1 saturated carbocycles. The summed E-state index contributed by atoms with van der Waals surface area (Å²) in [6.45, 7) is 0. The third-order valence-corrected chi connectivity index (χ3v) is 8.81. The number of hydrogen-bond donors (Lipinski definition) is 3. The maximum Gasteiger partial charge on any atom is 0.352 e. The average Bonchev–Trinajstić information content (AvgIpc) is 3.49. The molecule has 4 rings (SSSR count). The second-order valence-electron chi connectivity index (χ2n) is 8.14. The minimum atomic E-state index is -4.16. The summed E-state index contributed by atoms with van der Waals surface area (Å²) >= 11 is 2.17. The third kappa shape index (κ3) is 5.28. The van der Waals surface area contributed by atoms with E-state index in [4.69, 9.17) is 10.6 Å². The van der Waals surface area contributed by atoms with E-state index in [2.05, 4.69) is 15.5 Å². The van der Waals surface area contributed by atoms with E-state index in [1.165, 1.54) is 5.38 Å². The Bertz CT molecular complexity index is 1210. The maximum absolute atomic E-state index is 13.1. The van der Waals surface area contributed by atoms with Gasteiger partial charge in [-0.3, -0.25) is 14.5 Å². The summed E-state index contributed by atoms with van der Waals surface area (Å²) in [5.74, 6) is -3.87. The van der Waals surface area contributed by atoms with Gasteiger partial charge in [0.1, 0.15) is 28.9 Å². The Kier molecular flexibility index (Phi) is 7.32. The molecule has 3 heterocycles. The van der Waals surface area contributed by atoms with Crippen molar-refractivity contribution in [3.8, 4) is 0 Å². The number of carboxylic acid groups (broad SMARTS) is 1. The molecule has 2 aliphatic heterocycles. The number of hydrogen-bond acceptors (Lipinski definition) is 11. The molecule has 16 heteroatoms. The Hall–Kier alpha value is -2.72. The van der Waals surface area contributed by atoms with Gasteiger partial charge >= 0.3 is 5.97 Å². The first-order chi connectivity index (χ1) is 16.6. The highest BCUT2D eigenvalue weighted by Gasteiger charge is 2.54. The van der Waals surface area contributed by atoms with Gasteiger partial charge in [-0.05, 0) is 31.3 Å². The maximum atomic E-state index is 13.1. The summed E-state index contributed by atoms with van der Waals surface area (Å²) in [7, 11) is -4.16. The van der Waals surface area contributed by atoms with Crippen molar-refractivity contribution < 1.29 is 37.1 Å². The molecule has 1 unspecified atom stereocenters. The lowest BCUT2D eigenvalue weighted by atomic mass is 10.0. The van der Waals surface area contributed by atoms with Gasteiger partial charge in [-0.25, -0.2) is 22.6 Å². The molecular formula is C19H22FN5O7S3. The number of β-lactam (4-membered cyclic amide) rings is 1. The van der Waals surface area contributed by atoms with E-state index in [0.717, 1.165) is 53.7 Å². The van der Waals surface area contributed by atoms with Crippen molar-refractivity contribution in [3.05, 3.63) is 22.3 Å². The van der Waals surface area contributed by atoms with Gasteiger partial charge in [-0.2, -0.15) is 0 Å². The van der Waals surface area contributed by atoms with Gasteiger partial charge in [0.25, 0.3) is 11.8 Å². The number of fused-ring (bicyclic) bond motifs is 1. The fraction of sp³-hybridized carbons (Fsp3) is 0.526. The van der Waals surface area contributed by atoms with Crippen LogP contribution in [-0.4, -0.2) is 81.9 Å². The zero-order chi connectivity index (χ0) is 25.3. The fourth-order valence-corrected chi connectivity index (χ4v) is 6.90. The van der Waals surface area contributed by atoms with Crippen molar-refractivity contribution in [3.63, 3.8) is 0 Å². The molecule has 2 amide bonds. The van der Waals surface area contributed by atoms with Crippen LogP contribution in [0.15, 0.2) is 21.8 Å². The number of anilines is 1. The van der Waals surface area contributed by atoms with Gasteiger partial charge < -0.3 is 21.0 Å². The Balaban J connectivity index is 1.53. The van der Waals surface area contributed by atoms with E-state index in [-0.39, 0.29) is 34.0 Å². The van der Waals surface area contributed by atoms with E-state index >= 15 is 0 Å². The van der Waals surface area contributed by atoms with Crippen LogP contribution in [0, 0.1) is 0 Å². The molecule has 3 aliphatic rings. The number of carboxylic acids is 1. The molecule has 1 aromatic heterocycles. The van der Waals surface area contributed by atoms with E-state index in [9.17, 15) is 32.3 Å². The molecule has 1 aromatic rings. The van der Waals surface area contributed by atoms with Crippen LogP contribution in [0.1, 0.15) is 31.4 Å². The molecule has 12 nitrogen and oxygen atoms in total. The van der Waals surface area contributed by atoms with Crippen molar-refractivity contribution in [2.24, 2.45) is 5.16 Å². The first-order valence-electron chi connectivity index (χ1n) is 10.5. The lowest BCUT2D eigenvalue weighted by Gasteiger charge is -2.49. The highest BCUT2D eigenvalue weighted by atomic mass is 32.2. The minimum absolute atomic E-state index is 0.0595. The molecule has 1 saturated heterocycles. The van der Waals surface area contributed by atoms with Crippen LogP contribution < -0.4 is 11.1 Å². The molecule has 4 N–H and O–H groups in total. The summed E-state index contributed by atoms with van der Waals surface area (Å²) in [5.41, 5.74) is 5.10. The number of nitrogens with zero attached hydrogens (tertiary/aromatic N) is 3. The van der Waals surface area contributed by atoms with Gasteiger partial charge in [-0.1, -0.05) is 5.16 Å². The van der Waals surface area contributed by atoms with Gasteiger partial charge in [0, 0.05) is 11.1 Å². The number of sulfone groups is 1. The zero-order valence-electron chi connectivity index (χ0n) is 18.2. The number of nitrogens with one attached hydrogen (secondary N) is 1. The van der Waals surface area contributed by atoms with E-state index in [1.54, 1.807) is 0 Å². The van der Waals surface area contributed by atoms with Crippen molar-refractivity contribution in [2.45, 2.75) is 43.2 Å². The number of aliphatic carboxylic acids is 1. The SMILES string of the molecule is Nc1nc(/C(=N/OC2CCCC2)C(=O)NC2C(=O)N3C(C(=O)O)=C(CS(=O)(=O)CF)CS[C@H]23)cs1. The van der Waals surface area contributed by atoms with Crippen molar-refractivity contribution in [1.82, 2.24) is 15.2 Å². The van der Waals surface area contributed by atoms with E-state index in [1.807, 2.05) is 0 Å². The number of nitrogen functional groups attached to an aromatic ring is 1. The van der Waals surface area contributed by atoms with Crippen LogP contribution in [0.3, 0.4) is 0 Å². The lowest BCUT2D eigenvalue weighted by Crippen LogP contribution is -2.71. The highest BCUT2D eigenvalue weighted by molar-refractivity contribution is 8.00. The molecule has 0 bridgehead atoms. The number of alkyl halides is 1. The van der Waals surface area contributed by atoms with Crippen LogP contribution in [0.25, 0.3) is 0 Å². The minimum Gasteiger partial charge on any atom is -0.477 e. The number of thioether (sulfide) groups is 1. The number of oxime groups is 1. The van der Waals surface area contributed by atoms with Gasteiger partial charge in [0.15, 0.2) is 26.7 Å². The Morgan fingerprint density at radius 1 is 1.37 bits per heavy atom. The number of nitrogens with two attached hydrogens (primary N) is 1. The zero-order valence-corrected chi connectivity index (χ0v) is 20.6. The number of amides is 2. The number of carbonyl (C=O) groups excluding carboxylic acids is 2. The number of aromatic nitrogens is 1. The number of carbonyl (C=O) groups is 3. The summed E-state index contributed by atoms with van der Waals surface area (Å²) < 4.78 is 36.2. The Labute approximate surface area is 207 Å². The number of thiazole rings is 1. The van der Waals surface area contributed by atoms with Crippen LogP contribution in [0.5, 0.6) is 0 Å². The smallest absolute Gasteiger partial charge is 0.352 e. The van der Waals surface area contributed by atoms with Crippen molar-refractivity contribution in [1.29, 1.82) is 0 Å². The van der Waals surface area contributed by atoms with Crippen LogP contribution in [0.4, 0.5) is 9.52 Å². The summed E-state index contributed by atoms with van der Waals surface area (Å²) in [6.07, 6.45) is 3.45. The Morgan fingerprint density at radius 3 is 2.69 bits per heavy atom. The largest absolute Gasteiger partial charge is 0.477 e. The molecule has 0 radical (unpaired) electrons. The molecule has 0 spiro atoms.